The van der Waals surface area contributed by atoms with Crippen molar-refractivity contribution in [2.24, 2.45) is 0 Å². The molecule has 0 fully saturated rings. The van der Waals surface area contributed by atoms with Crippen LogP contribution in [0.4, 0.5) is 0 Å². The Bertz CT molecular complexity index is 831. The van der Waals surface area contributed by atoms with Gasteiger partial charge in [0.1, 0.15) is 0 Å². The molecule has 0 N–H and O–H groups in total. The van der Waals surface area contributed by atoms with Crippen molar-refractivity contribution in [2.75, 3.05) is 0 Å². The van der Waals surface area contributed by atoms with Gasteiger partial charge in [0.05, 0.1) is 0 Å². The van der Waals surface area contributed by atoms with Gasteiger partial charge in [-0.1, -0.05) is 315 Å². The number of hydrogen-bond donors (Lipinski definition) is 0. The average Bonchev–Trinajstić information content (AvgIpc) is 3.23. The van der Waals surface area contributed by atoms with E-state index in [1.54, 1.807) is 16.7 Å². The highest BCUT2D eigenvalue weighted by Gasteiger charge is 2.04. The van der Waals surface area contributed by atoms with E-state index >= 15 is 0 Å². The third kappa shape index (κ3) is 40.6. The van der Waals surface area contributed by atoms with Gasteiger partial charge in [0.25, 0.3) is 0 Å². The van der Waals surface area contributed by atoms with E-state index in [0.717, 1.165) is 6.42 Å². The van der Waals surface area contributed by atoms with Crippen LogP contribution in [-0.4, -0.2) is 0 Å². The number of unbranched alkanes of at least 4 members (excludes halogenated alkanes) is 43. The smallest absolute Gasteiger partial charge is 0.0279 e. The minimum Gasteiger partial charge on any atom is -0.0654 e. The summed E-state index contributed by atoms with van der Waals surface area (Å²) in [6.07, 6.45) is 70.3. The molecular formula is C58H109. The average molecular weight is 807 g/mol. The highest BCUT2D eigenvalue weighted by atomic mass is 14.1. The van der Waals surface area contributed by atoms with E-state index in [4.69, 9.17) is 0 Å². The fraction of sp³-hybridized carbons (Fsp3) is 0.879. The minimum absolute atomic E-state index is 1.05. The molecule has 0 spiro atoms. The fourth-order valence-corrected chi connectivity index (χ4v) is 9.48. The van der Waals surface area contributed by atoms with Crippen molar-refractivity contribution in [3.63, 3.8) is 0 Å². The topological polar surface area (TPSA) is 0 Å². The van der Waals surface area contributed by atoms with Crippen LogP contribution in [0.2, 0.25) is 0 Å². The van der Waals surface area contributed by atoms with Gasteiger partial charge in [-0.15, -0.1) is 0 Å². The molecule has 0 heterocycles. The minimum atomic E-state index is 1.05. The zero-order chi connectivity index (χ0) is 41.5. The molecular weight excluding hydrogens is 697 g/mol. The van der Waals surface area contributed by atoms with E-state index in [0.29, 0.717) is 0 Å². The standard InChI is InChI=1S/C58H109/c1-4-7-10-12-14-16-18-20-22-24-26-28-30-32-34-36-38-40-42-44-46-48-51-57-53-56(50-9-6-3)54-58(55-57)52-49-47-45-43-41-39-37-35-33-31-29-27-25-23-21-19-17-15-13-11-8-5-2/h53-55H,3-52H2,1-2H3. The monoisotopic (exact) mass is 806 g/mol. The molecule has 341 valence electrons. The molecule has 0 bridgehead atoms. The van der Waals surface area contributed by atoms with Crippen molar-refractivity contribution in [2.45, 2.75) is 328 Å². The lowest BCUT2D eigenvalue weighted by Crippen LogP contribution is -1.96. The number of aryl methyl sites for hydroxylation is 3. The lowest BCUT2D eigenvalue weighted by molar-refractivity contribution is 0.519. The maximum atomic E-state index is 4.12. The Morgan fingerprint density at radius 3 is 0.552 bits per heavy atom. The molecule has 0 saturated heterocycles. The zero-order valence-corrected chi connectivity index (χ0v) is 40.6. The second kappa shape index (κ2) is 47.3. The number of benzene rings is 1. The maximum absolute atomic E-state index is 4.12. The highest BCUT2D eigenvalue weighted by molar-refractivity contribution is 5.30. The Hall–Kier alpha value is -0.780. The Labute approximate surface area is 368 Å². The van der Waals surface area contributed by atoms with Crippen LogP contribution in [0.1, 0.15) is 326 Å². The van der Waals surface area contributed by atoms with E-state index in [-0.39, 0.29) is 0 Å². The number of rotatable bonds is 49. The van der Waals surface area contributed by atoms with Crippen LogP contribution in [0.3, 0.4) is 0 Å². The molecule has 0 amide bonds. The van der Waals surface area contributed by atoms with Crippen molar-refractivity contribution in [1.29, 1.82) is 0 Å². The summed E-state index contributed by atoms with van der Waals surface area (Å²) < 4.78 is 0. The summed E-state index contributed by atoms with van der Waals surface area (Å²) in [5.74, 6) is 0. The first-order valence-electron chi connectivity index (χ1n) is 27.7. The second-order valence-corrected chi connectivity index (χ2v) is 19.5. The highest BCUT2D eigenvalue weighted by Crippen LogP contribution is 2.21. The van der Waals surface area contributed by atoms with E-state index in [1.807, 2.05) is 0 Å². The van der Waals surface area contributed by atoms with Crippen LogP contribution >= 0.6 is 0 Å². The second-order valence-electron chi connectivity index (χ2n) is 19.5. The first-order chi connectivity index (χ1) is 28.8. The molecule has 58 heavy (non-hydrogen) atoms. The van der Waals surface area contributed by atoms with Gasteiger partial charge in [0.15, 0.2) is 0 Å². The third-order valence-electron chi connectivity index (χ3n) is 13.5. The summed E-state index contributed by atoms with van der Waals surface area (Å²) in [4.78, 5) is 0. The van der Waals surface area contributed by atoms with Crippen LogP contribution in [0.15, 0.2) is 18.2 Å². The summed E-state index contributed by atoms with van der Waals surface area (Å²) in [7, 11) is 0. The molecule has 0 aromatic heterocycles. The zero-order valence-electron chi connectivity index (χ0n) is 40.6. The van der Waals surface area contributed by atoms with Crippen molar-refractivity contribution in [3.8, 4) is 0 Å². The third-order valence-corrected chi connectivity index (χ3v) is 13.5. The van der Waals surface area contributed by atoms with Gasteiger partial charge in [-0.05, 0) is 55.2 Å². The largest absolute Gasteiger partial charge is 0.0654 e. The van der Waals surface area contributed by atoms with Crippen LogP contribution < -0.4 is 0 Å². The molecule has 1 aromatic rings. The van der Waals surface area contributed by atoms with Gasteiger partial charge < -0.3 is 0 Å². The Morgan fingerprint density at radius 1 is 0.224 bits per heavy atom. The van der Waals surface area contributed by atoms with Gasteiger partial charge in [-0.2, -0.15) is 0 Å². The molecule has 0 aliphatic rings. The van der Waals surface area contributed by atoms with E-state index in [2.05, 4.69) is 39.0 Å². The fourth-order valence-electron chi connectivity index (χ4n) is 9.48. The van der Waals surface area contributed by atoms with E-state index in [9.17, 15) is 0 Å². The van der Waals surface area contributed by atoms with Crippen LogP contribution in [-0.2, 0) is 19.3 Å². The maximum Gasteiger partial charge on any atom is -0.0279 e. The summed E-state index contributed by atoms with van der Waals surface area (Å²) in [5.41, 5.74) is 4.81. The molecule has 1 rings (SSSR count). The van der Waals surface area contributed by atoms with E-state index < -0.39 is 0 Å². The Morgan fingerprint density at radius 2 is 0.379 bits per heavy atom. The molecule has 0 saturated carbocycles. The quantitative estimate of drug-likeness (QED) is 0.0576. The molecule has 0 nitrogen and oxygen atoms in total. The summed E-state index contributed by atoms with van der Waals surface area (Å²) >= 11 is 0. The van der Waals surface area contributed by atoms with Crippen molar-refractivity contribution < 1.29 is 0 Å². The molecule has 0 aliphatic carbocycles. The van der Waals surface area contributed by atoms with Crippen LogP contribution in [0.25, 0.3) is 0 Å². The molecule has 0 aliphatic heterocycles. The van der Waals surface area contributed by atoms with E-state index in [1.165, 1.54) is 308 Å². The molecule has 0 atom stereocenters. The van der Waals surface area contributed by atoms with Crippen LogP contribution in [0, 0.1) is 6.92 Å². The first kappa shape index (κ1) is 55.2. The van der Waals surface area contributed by atoms with Crippen molar-refractivity contribution in [1.82, 2.24) is 0 Å². The lowest BCUT2D eigenvalue weighted by atomic mass is 9.95. The lowest BCUT2D eigenvalue weighted by Gasteiger charge is -2.11. The van der Waals surface area contributed by atoms with Crippen LogP contribution in [0.5, 0.6) is 0 Å². The Kier molecular flexibility index (Phi) is 45.0. The number of hydrogen-bond acceptors (Lipinski definition) is 0. The SMILES string of the molecule is [CH2]CCCc1cc(CCCCCCCCCCCCCCCCCCCCCCCC)cc(CCCCCCCCCCCCCCCCCCCCCCCC)c1. The molecule has 0 unspecified atom stereocenters. The van der Waals surface area contributed by atoms with Crippen molar-refractivity contribution in [3.05, 3.63) is 41.8 Å². The predicted molar refractivity (Wildman–Crippen MR) is 267 cm³/mol. The molecule has 0 heteroatoms. The van der Waals surface area contributed by atoms with Gasteiger partial charge >= 0.3 is 0 Å². The summed E-state index contributed by atoms with van der Waals surface area (Å²) in [6.45, 7) is 8.74. The van der Waals surface area contributed by atoms with Crippen molar-refractivity contribution >= 4 is 0 Å². The summed E-state index contributed by atoms with van der Waals surface area (Å²) in [5, 5.41) is 0. The predicted octanol–water partition coefficient (Wildman–Crippen LogP) is 21.1. The molecule has 1 aromatic carbocycles. The van der Waals surface area contributed by atoms with Gasteiger partial charge in [0, 0.05) is 0 Å². The molecule has 1 radical (unpaired) electrons. The summed E-state index contributed by atoms with van der Waals surface area (Å²) in [6, 6.07) is 7.65. The van der Waals surface area contributed by atoms with Gasteiger partial charge in [0.2, 0.25) is 0 Å². The van der Waals surface area contributed by atoms with Gasteiger partial charge in [-0.25, -0.2) is 0 Å². The normalized spacial score (nSPS) is 11.6. The Balaban J connectivity index is 1.96. The van der Waals surface area contributed by atoms with Gasteiger partial charge in [-0.3, -0.25) is 0 Å². The first-order valence-corrected chi connectivity index (χ1v) is 27.7.